The van der Waals surface area contributed by atoms with Crippen LogP contribution in [0.15, 0.2) is 23.1 Å². The minimum Gasteiger partial charge on any atom is -0.337 e. The van der Waals surface area contributed by atoms with Gasteiger partial charge in [0.15, 0.2) is 0 Å². The van der Waals surface area contributed by atoms with Crippen LogP contribution >= 0.6 is 11.9 Å². The van der Waals surface area contributed by atoms with Crippen molar-refractivity contribution in [1.29, 1.82) is 0 Å². The Morgan fingerprint density at radius 2 is 2.30 bits per heavy atom. The number of urea groups is 1. The lowest BCUT2D eigenvalue weighted by atomic mass is 9.87. The number of piperidine rings is 1. The number of nitrogens with zero attached hydrogens (tertiary/aromatic N) is 2. The smallest absolute Gasteiger partial charge is 0.325 e. The summed E-state index contributed by atoms with van der Waals surface area (Å²) in [6, 6.07) is 6.86. The number of H-pyrrole nitrogens is 1. The van der Waals surface area contributed by atoms with E-state index < -0.39 is 0 Å². The number of carbonyl (C=O) groups is 1. The van der Waals surface area contributed by atoms with Gasteiger partial charge in [0.05, 0.1) is 11.2 Å². The van der Waals surface area contributed by atoms with Gasteiger partial charge in [-0.25, -0.2) is 4.79 Å². The zero-order valence-corrected chi connectivity index (χ0v) is 16.8. The molecule has 2 aliphatic heterocycles. The van der Waals surface area contributed by atoms with Gasteiger partial charge in [-0.2, -0.15) is 5.10 Å². The minimum absolute atomic E-state index is 0.130. The van der Waals surface area contributed by atoms with Crippen LogP contribution in [0.3, 0.4) is 0 Å². The Morgan fingerprint density at radius 3 is 3.19 bits per heavy atom. The van der Waals surface area contributed by atoms with Crippen LogP contribution in [-0.4, -0.2) is 46.8 Å². The molecule has 0 spiro atoms. The zero-order valence-electron chi connectivity index (χ0n) is 16.0. The summed E-state index contributed by atoms with van der Waals surface area (Å²) in [6.07, 6.45) is 7.15. The average Bonchev–Trinajstić information content (AvgIpc) is 3.32. The highest BCUT2D eigenvalue weighted by molar-refractivity contribution is 7.98. The second kappa shape index (κ2) is 8.52. The highest BCUT2D eigenvalue weighted by Gasteiger charge is 2.33. The Hall–Kier alpha value is -1.73. The molecule has 2 aromatic rings. The van der Waals surface area contributed by atoms with Gasteiger partial charge >= 0.3 is 6.03 Å². The predicted molar refractivity (Wildman–Crippen MR) is 110 cm³/mol. The first-order valence-corrected chi connectivity index (χ1v) is 11.0. The van der Waals surface area contributed by atoms with E-state index in [9.17, 15) is 4.79 Å². The van der Waals surface area contributed by atoms with Gasteiger partial charge in [-0.05, 0) is 75.3 Å². The highest BCUT2D eigenvalue weighted by Crippen LogP contribution is 2.38. The Labute approximate surface area is 165 Å². The molecule has 6 nitrogen and oxygen atoms in total. The summed E-state index contributed by atoms with van der Waals surface area (Å²) in [7, 11) is 0. The van der Waals surface area contributed by atoms with Crippen LogP contribution in [0.4, 0.5) is 4.79 Å². The second-order valence-corrected chi connectivity index (χ2v) is 8.56. The number of nitrogens with one attached hydrogen (secondary N) is 3. The number of carbonyl (C=O) groups excluding carboxylic acids is 1. The van der Waals surface area contributed by atoms with E-state index in [2.05, 4.69) is 44.2 Å². The van der Waals surface area contributed by atoms with Crippen LogP contribution < -0.4 is 10.0 Å². The topological polar surface area (TPSA) is 73.0 Å². The molecule has 3 N–H and O–H groups in total. The van der Waals surface area contributed by atoms with Crippen molar-refractivity contribution >= 4 is 28.9 Å². The molecular formula is C20H29N5OS. The molecule has 2 amide bonds. The lowest BCUT2D eigenvalue weighted by Crippen LogP contribution is -2.37. The predicted octanol–water partition coefficient (Wildman–Crippen LogP) is 4.01. The molecule has 4 rings (SSSR count). The van der Waals surface area contributed by atoms with Gasteiger partial charge in [0.2, 0.25) is 0 Å². The molecular weight excluding hydrogens is 358 g/mol. The van der Waals surface area contributed by atoms with E-state index in [4.69, 9.17) is 0 Å². The number of aromatic amines is 1. The van der Waals surface area contributed by atoms with Crippen LogP contribution in [0.25, 0.3) is 10.9 Å². The summed E-state index contributed by atoms with van der Waals surface area (Å²) in [5.41, 5.74) is 2.28. The highest BCUT2D eigenvalue weighted by atomic mass is 32.2. The molecule has 0 aliphatic carbocycles. The molecule has 2 atom stereocenters. The van der Waals surface area contributed by atoms with E-state index in [1.807, 2.05) is 6.07 Å². The molecule has 0 radical (unpaired) electrons. The monoisotopic (exact) mass is 387 g/mol. The maximum Gasteiger partial charge on any atom is 0.325 e. The number of unbranched alkanes of at least 4 members (excludes halogenated alkanes) is 1. The molecule has 2 unspecified atom stereocenters. The maximum atomic E-state index is 11.9. The average molecular weight is 388 g/mol. The minimum atomic E-state index is -0.130. The SMILES string of the molecule is CCCCNC(=O)NSc1ccc2[nH]nc(C3CCN4CCCC4C3)c2c1. The number of amides is 2. The van der Waals surface area contributed by atoms with Gasteiger partial charge in [0, 0.05) is 28.8 Å². The zero-order chi connectivity index (χ0) is 18.6. The van der Waals surface area contributed by atoms with E-state index in [0.717, 1.165) is 29.3 Å². The first kappa shape index (κ1) is 18.6. The Balaban J connectivity index is 1.42. The molecule has 3 heterocycles. The largest absolute Gasteiger partial charge is 0.337 e. The molecule has 0 bridgehead atoms. The summed E-state index contributed by atoms with van der Waals surface area (Å²) in [6.45, 7) is 5.29. The first-order valence-electron chi connectivity index (χ1n) is 10.2. The molecule has 2 saturated heterocycles. The number of hydrogen-bond acceptors (Lipinski definition) is 4. The molecule has 2 aliphatic rings. The van der Waals surface area contributed by atoms with Crippen LogP contribution in [0, 0.1) is 0 Å². The quantitative estimate of drug-likeness (QED) is 0.517. The number of hydrogen-bond donors (Lipinski definition) is 3. The maximum absolute atomic E-state index is 11.9. The normalized spacial score (nSPS) is 22.7. The summed E-state index contributed by atoms with van der Waals surface area (Å²) in [5.74, 6) is 0.531. The van der Waals surface area contributed by atoms with Crippen LogP contribution in [0.5, 0.6) is 0 Å². The Kier molecular flexibility index (Phi) is 5.88. The van der Waals surface area contributed by atoms with Gasteiger partial charge in [-0.15, -0.1) is 0 Å². The molecule has 2 fully saturated rings. The third-order valence-electron chi connectivity index (χ3n) is 5.85. The van der Waals surface area contributed by atoms with Crippen LogP contribution in [0.2, 0.25) is 0 Å². The fraction of sp³-hybridized carbons (Fsp3) is 0.600. The van der Waals surface area contributed by atoms with Crippen molar-refractivity contribution in [3.63, 3.8) is 0 Å². The van der Waals surface area contributed by atoms with E-state index in [0.29, 0.717) is 12.5 Å². The number of rotatable bonds is 6. The summed E-state index contributed by atoms with van der Waals surface area (Å²) >= 11 is 1.36. The van der Waals surface area contributed by atoms with Crippen molar-refractivity contribution < 1.29 is 4.79 Å². The third kappa shape index (κ3) is 4.24. The van der Waals surface area contributed by atoms with Gasteiger partial charge < -0.3 is 10.2 Å². The summed E-state index contributed by atoms with van der Waals surface area (Å²) < 4.78 is 2.87. The second-order valence-electron chi connectivity index (χ2n) is 7.68. The fourth-order valence-corrected chi connectivity index (χ4v) is 4.98. The molecule has 1 aromatic heterocycles. The van der Waals surface area contributed by atoms with Gasteiger partial charge in [0.25, 0.3) is 0 Å². The fourth-order valence-electron chi connectivity index (χ4n) is 4.38. The van der Waals surface area contributed by atoms with Crippen LogP contribution in [0.1, 0.15) is 57.1 Å². The van der Waals surface area contributed by atoms with Crippen molar-refractivity contribution in [3.8, 4) is 0 Å². The molecule has 146 valence electrons. The lowest BCUT2D eigenvalue weighted by Gasteiger charge is -2.34. The first-order chi connectivity index (χ1) is 13.2. The van der Waals surface area contributed by atoms with Crippen molar-refractivity contribution in [3.05, 3.63) is 23.9 Å². The molecule has 1 aromatic carbocycles. The Morgan fingerprint density at radius 1 is 1.37 bits per heavy atom. The molecule has 7 heteroatoms. The number of fused-ring (bicyclic) bond motifs is 2. The van der Waals surface area contributed by atoms with Gasteiger partial charge in [-0.3, -0.25) is 9.82 Å². The summed E-state index contributed by atoms with van der Waals surface area (Å²) in [4.78, 5) is 15.5. The van der Waals surface area contributed by atoms with E-state index in [-0.39, 0.29) is 6.03 Å². The standard InChI is InChI=1S/C20H29N5OS/c1-2-3-9-21-20(26)24-27-16-6-7-18-17(13-16)19(23-22-18)14-8-11-25-10-4-5-15(25)12-14/h6-7,13-15H,2-5,8-12H2,1H3,(H,22,23)(H2,21,24,26). The third-order valence-corrected chi connectivity index (χ3v) is 6.63. The van der Waals surface area contributed by atoms with Crippen LogP contribution in [-0.2, 0) is 0 Å². The van der Waals surface area contributed by atoms with Gasteiger partial charge in [-0.1, -0.05) is 13.3 Å². The molecule has 0 saturated carbocycles. The van der Waals surface area contributed by atoms with Crippen molar-refractivity contribution in [2.45, 2.75) is 62.3 Å². The van der Waals surface area contributed by atoms with E-state index in [1.165, 1.54) is 61.8 Å². The van der Waals surface area contributed by atoms with Crippen molar-refractivity contribution in [1.82, 2.24) is 25.1 Å². The Bertz CT molecular complexity index is 792. The van der Waals surface area contributed by atoms with E-state index in [1.54, 1.807) is 0 Å². The lowest BCUT2D eigenvalue weighted by molar-refractivity contribution is 0.180. The number of benzene rings is 1. The van der Waals surface area contributed by atoms with Gasteiger partial charge in [0.1, 0.15) is 0 Å². The van der Waals surface area contributed by atoms with Crippen molar-refractivity contribution in [2.24, 2.45) is 0 Å². The molecule has 27 heavy (non-hydrogen) atoms. The summed E-state index contributed by atoms with van der Waals surface area (Å²) in [5, 5.41) is 11.9. The number of aromatic nitrogens is 2. The van der Waals surface area contributed by atoms with Crippen molar-refractivity contribution in [2.75, 3.05) is 19.6 Å². The van der Waals surface area contributed by atoms with E-state index >= 15 is 0 Å².